The predicted octanol–water partition coefficient (Wildman–Crippen LogP) is 2.62. The molecule has 0 fully saturated rings. The molecule has 0 unspecified atom stereocenters. The van der Waals surface area contributed by atoms with Crippen LogP contribution in [0.25, 0.3) is 11.6 Å². The molecule has 0 radical (unpaired) electrons. The number of hydrogen-bond acceptors (Lipinski definition) is 4. The molecule has 0 atom stereocenters. The van der Waals surface area contributed by atoms with Crippen LogP contribution in [0.15, 0.2) is 26.0 Å². The molecule has 2 rings (SSSR count). The zero-order valence-electron chi connectivity index (χ0n) is 9.32. The Morgan fingerprint density at radius 1 is 1.47 bits per heavy atom. The van der Waals surface area contributed by atoms with Gasteiger partial charge in [-0.05, 0) is 34.0 Å². The third kappa shape index (κ3) is 2.26. The molecule has 2 aromatic heterocycles. The molecule has 0 aliphatic heterocycles. The minimum absolute atomic E-state index is 0.0939. The van der Waals surface area contributed by atoms with Gasteiger partial charge >= 0.3 is 0 Å². The molecule has 6 heteroatoms. The molecule has 0 bridgehead atoms. The van der Waals surface area contributed by atoms with Gasteiger partial charge in [0.25, 0.3) is 5.56 Å². The number of nitrogens with one attached hydrogen (secondary N) is 1. The number of aromatic amines is 1. The molecule has 0 spiro atoms. The van der Waals surface area contributed by atoms with Crippen LogP contribution in [0.5, 0.6) is 5.88 Å². The van der Waals surface area contributed by atoms with E-state index in [4.69, 9.17) is 4.42 Å². The molecule has 0 saturated heterocycles. The minimum Gasteiger partial charge on any atom is -0.493 e. The van der Waals surface area contributed by atoms with Crippen LogP contribution in [0.2, 0.25) is 0 Å². The average Bonchev–Trinajstić information content (AvgIpc) is 2.63. The van der Waals surface area contributed by atoms with Gasteiger partial charge in [0.1, 0.15) is 0 Å². The molecule has 0 saturated carbocycles. The Hall–Kier alpha value is -1.56. The minimum atomic E-state index is -0.352. The first-order chi connectivity index (χ1) is 7.99. The third-order valence-electron chi connectivity index (χ3n) is 2.32. The molecule has 0 aromatic carbocycles. The summed E-state index contributed by atoms with van der Waals surface area (Å²) in [6.07, 6.45) is 0. The van der Waals surface area contributed by atoms with Crippen molar-refractivity contribution in [1.82, 2.24) is 9.97 Å². The van der Waals surface area contributed by atoms with Crippen LogP contribution >= 0.6 is 15.9 Å². The molecule has 17 heavy (non-hydrogen) atoms. The Labute approximate surface area is 106 Å². The average molecular weight is 299 g/mol. The number of nitrogens with zero attached hydrogens (tertiary/aromatic N) is 1. The summed E-state index contributed by atoms with van der Waals surface area (Å²) in [5, 5.41) is 9.73. The second kappa shape index (κ2) is 4.37. The lowest BCUT2D eigenvalue weighted by Crippen LogP contribution is -2.16. The number of rotatable bonds is 2. The molecular formula is C11H11BrN2O3. The highest BCUT2D eigenvalue weighted by atomic mass is 79.9. The maximum atomic E-state index is 11.8. The van der Waals surface area contributed by atoms with Gasteiger partial charge in [-0.2, -0.15) is 4.98 Å². The van der Waals surface area contributed by atoms with Crippen molar-refractivity contribution in [2.75, 3.05) is 0 Å². The van der Waals surface area contributed by atoms with E-state index in [9.17, 15) is 9.90 Å². The highest BCUT2D eigenvalue weighted by Gasteiger charge is 2.16. The van der Waals surface area contributed by atoms with Crippen LogP contribution in [0.1, 0.15) is 25.3 Å². The number of aromatic nitrogens is 2. The van der Waals surface area contributed by atoms with Crippen LogP contribution in [-0.2, 0) is 0 Å². The van der Waals surface area contributed by atoms with E-state index in [-0.39, 0.29) is 28.7 Å². The first kappa shape index (κ1) is 11.9. The monoisotopic (exact) mass is 298 g/mol. The van der Waals surface area contributed by atoms with Crippen LogP contribution in [-0.4, -0.2) is 15.1 Å². The zero-order chi connectivity index (χ0) is 12.6. The fourth-order valence-corrected chi connectivity index (χ4v) is 1.86. The van der Waals surface area contributed by atoms with Crippen molar-refractivity contribution in [3.8, 4) is 17.5 Å². The normalized spacial score (nSPS) is 11.1. The van der Waals surface area contributed by atoms with Gasteiger partial charge in [0.15, 0.2) is 16.3 Å². The largest absolute Gasteiger partial charge is 0.493 e. The Bertz CT molecular complexity index is 601. The van der Waals surface area contributed by atoms with Gasteiger partial charge in [0.05, 0.1) is 5.56 Å². The number of halogens is 1. The lowest BCUT2D eigenvalue weighted by molar-refractivity contribution is 0.438. The van der Waals surface area contributed by atoms with Crippen molar-refractivity contribution in [2.45, 2.75) is 19.8 Å². The first-order valence-electron chi connectivity index (χ1n) is 5.08. The molecule has 2 heterocycles. The lowest BCUT2D eigenvalue weighted by Gasteiger charge is -2.06. The van der Waals surface area contributed by atoms with Crippen molar-refractivity contribution in [2.24, 2.45) is 0 Å². The molecule has 0 amide bonds. The first-order valence-corrected chi connectivity index (χ1v) is 5.87. The number of H-pyrrole nitrogens is 1. The Morgan fingerprint density at radius 3 is 2.65 bits per heavy atom. The van der Waals surface area contributed by atoms with E-state index in [1.165, 1.54) is 0 Å². The predicted molar refractivity (Wildman–Crippen MR) is 66.0 cm³/mol. The van der Waals surface area contributed by atoms with Crippen LogP contribution in [0, 0.1) is 0 Å². The molecule has 0 aliphatic carbocycles. The Morgan fingerprint density at radius 2 is 2.18 bits per heavy atom. The van der Waals surface area contributed by atoms with Crippen molar-refractivity contribution in [1.29, 1.82) is 0 Å². The molecular weight excluding hydrogens is 288 g/mol. The number of aromatic hydroxyl groups is 1. The smallest absolute Gasteiger partial charge is 0.258 e. The Balaban J connectivity index is 2.57. The van der Waals surface area contributed by atoms with E-state index < -0.39 is 0 Å². The van der Waals surface area contributed by atoms with Crippen LogP contribution < -0.4 is 5.56 Å². The summed E-state index contributed by atoms with van der Waals surface area (Å²) in [7, 11) is 0. The molecule has 0 aliphatic rings. The van der Waals surface area contributed by atoms with Crippen molar-refractivity contribution in [3.63, 3.8) is 0 Å². The summed E-state index contributed by atoms with van der Waals surface area (Å²) in [4.78, 5) is 18.3. The van der Waals surface area contributed by atoms with Gasteiger partial charge in [0, 0.05) is 0 Å². The molecule has 2 N–H and O–H groups in total. The van der Waals surface area contributed by atoms with E-state index in [0.717, 1.165) is 0 Å². The highest BCUT2D eigenvalue weighted by molar-refractivity contribution is 9.10. The van der Waals surface area contributed by atoms with Gasteiger partial charge in [0.2, 0.25) is 5.88 Å². The summed E-state index contributed by atoms with van der Waals surface area (Å²) >= 11 is 3.16. The van der Waals surface area contributed by atoms with Crippen LogP contribution in [0.4, 0.5) is 0 Å². The van der Waals surface area contributed by atoms with Gasteiger partial charge in [-0.25, -0.2) is 0 Å². The summed E-state index contributed by atoms with van der Waals surface area (Å²) in [6, 6.07) is 3.33. The summed E-state index contributed by atoms with van der Waals surface area (Å²) in [5.41, 5.74) is -0.0746. The summed E-state index contributed by atoms with van der Waals surface area (Å²) < 4.78 is 5.78. The topological polar surface area (TPSA) is 79.1 Å². The Kier molecular flexibility index (Phi) is 3.06. The van der Waals surface area contributed by atoms with E-state index >= 15 is 0 Å². The summed E-state index contributed by atoms with van der Waals surface area (Å²) in [5.74, 6) is 0.247. The molecule has 5 nitrogen and oxygen atoms in total. The fourth-order valence-electron chi connectivity index (χ4n) is 1.55. The van der Waals surface area contributed by atoms with E-state index in [1.54, 1.807) is 12.1 Å². The second-order valence-electron chi connectivity index (χ2n) is 3.91. The standard InChI is InChI=1S/C11H11BrN2O3/c1-5(2)8-10(15)13-9(14-11(8)16)6-3-4-7(12)17-6/h3-5H,1-2H3,(H2,13,14,15,16). The second-order valence-corrected chi connectivity index (χ2v) is 4.69. The molecule has 90 valence electrons. The third-order valence-corrected chi connectivity index (χ3v) is 2.75. The number of furan rings is 1. The van der Waals surface area contributed by atoms with E-state index in [2.05, 4.69) is 25.9 Å². The van der Waals surface area contributed by atoms with Gasteiger partial charge in [-0.15, -0.1) is 0 Å². The highest BCUT2D eigenvalue weighted by Crippen LogP contribution is 2.25. The van der Waals surface area contributed by atoms with Gasteiger partial charge in [-0.3, -0.25) is 4.79 Å². The maximum absolute atomic E-state index is 11.8. The maximum Gasteiger partial charge on any atom is 0.258 e. The van der Waals surface area contributed by atoms with Crippen molar-refractivity contribution < 1.29 is 9.52 Å². The van der Waals surface area contributed by atoms with Crippen molar-refractivity contribution in [3.05, 3.63) is 32.7 Å². The molecule has 2 aromatic rings. The lowest BCUT2D eigenvalue weighted by atomic mass is 10.1. The zero-order valence-corrected chi connectivity index (χ0v) is 10.9. The quantitative estimate of drug-likeness (QED) is 0.893. The van der Waals surface area contributed by atoms with E-state index in [1.807, 2.05) is 13.8 Å². The fraction of sp³-hybridized carbons (Fsp3) is 0.273. The van der Waals surface area contributed by atoms with Crippen LogP contribution in [0.3, 0.4) is 0 Å². The summed E-state index contributed by atoms with van der Waals surface area (Å²) in [6.45, 7) is 3.63. The SMILES string of the molecule is CC(C)c1c(O)nc(-c2ccc(Br)o2)[nH]c1=O. The van der Waals surface area contributed by atoms with E-state index in [0.29, 0.717) is 10.4 Å². The van der Waals surface area contributed by atoms with Gasteiger partial charge < -0.3 is 14.5 Å². The number of hydrogen-bond donors (Lipinski definition) is 2. The van der Waals surface area contributed by atoms with Crippen molar-refractivity contribution >= 4 is 15.9 Å². The van der Waals surface area contributed by atoms with Gasteiger partial charge in [-0.1, -0.05) is 13.8 Å².